The monoisotopic (exact) mass is 326 g/mol. The van der Waals surface area contributed by atoms with Crippen LogP contribution in [-0.2, 0) is 4.79 Å². The van der Waals surface area contributed by atoms with Crippen molar-refractivity contribution in [2.75, 3.05) is 0 Å². The maximum Gasteiger partial charge on any atom is 0.308 e. The van der Waals surface area contributed by atoms with Crippen LogP contribution >= 0.6 is 23.2 Å². The number of hydrogen-bond acceptors (Lipinski definition) is 3. The first-order chi connectivity index (χ1) is 9.81. The molecule has 6 heteroatoms. The Bertz CT molecular complexity index is 695. The Hall–Kier alpha value is -1.52. The van der Waals surface area contributed by atoms with Gasteiger partial charge in [0.15, 0.2) is 10.9 Å². The summed E-state index contributed by atoms with van der Waals surface area (Å²) < 4.78 is 6.73. The molecule has 1 heterocycles. The van der Waals surface area contributed by atoms with Crippen LogP contribution in [0.2, 0.25) is 10.2 Å². The van der Waals surface area contributed by atoms with Crippen molar-refractivity contribution in [3.63, 3.8) is 0 Å². The number of benzene rings is 1. The SMILES string of the molecule is CC(=O)Oc1c(C)nn(C(C)c2ccc(C)c(Cl)c2)c1Cl. The summed E-state index contributed by atoms with van der Waals surface area (Å²) in [6, 6.07) is 5.69. The summed E-state index contributed by atoms with van der Waals surface area (Å²) in [6.45, 7) is 6.98. The highest BCUT2D eigenvalue weighted by atomic mass is 35.5. The van der Waals surface area contributed by atoms with Crippen LogP contribution in [0, 0.1) is 13.8 Å². The fourth-order valence-electron chi connectivity index (χ4n) is 2.03. The number of rotatable bonds is 3. The van der Waals surface area contributed by atoms with E-state index in [9.17, 15) is 4.79 Å². The summed E-state index contributed by atoms with van der Waals surface area (Å²) in [7, 11) is 0. The molecule has 0 aliphatic rings. The van der Waals surface area contributed by atoms with Gasteiger partial charge in [0.1, 0.15) is 5.69 Å². The van der Waals surface area contributed by atoms with Crippen LogP contribution < -0.4 is 4.74 Å². The molecule has 0 saturated carbocycles. The molecule has 2 rings (SSSR count). The Kier molecular flexibility index (Phi) is 4.59. The van der Waals surface area contributed by atoms with E-state index in [0.29, 0.717) is 21.6 Å². The Morgan fingerprint density at radius 1 is 1.33 bits per heavy atom. The number of aryl methyl sites for hydroxylation is 2. The van der Waals surface area contributed by atoms with Crippen LogP contribution in [-0.4, -0.2) is 15.7 Å². The van der Waals surface area contributed by atoms with E-state index in [1.165, 1.54) is 6.92 Å². The molecule has 0 aliphatic carbocycles. The largest absolute Gasteiger partial charge is 0.421 e. The lowest BCUT2D eigenvalue weighted by Crippen LogP contribution is -2.09. The van der Waals surface area contributed by atoms with E-state index < -0.39 is 5.97 Å². The van der Waals surface area contributed by atoms with Crippen LogP contribution in [0.15, 0.2) is 18.2 Å². The van der Waals surface area contributed by atoms with Gasteiger partial charge in [0.25, 0.3) is 0 Å². The summed E-state index contributed by atoms with van der Waals surface area (Å²) in [5.74, 6) is -0.125. The molecule has 0 fully saturated rings. The van der Waals surface area contributed by atoms with Crippen LogP contribution in [0.4, 0.5) is 0 Å². The molecule has 112 valence electrons. The molecule has 0 spiro atoms. The third-order valence-electron chi connectivity index (χ3n) is 3.27. The molecule has 1 atom stereocenters. The first-order valence-corrected chi connectivity index (χ1v) is 7.26. The lowest BCUT2D eigenvalue weighted by Gasteiger charge is -2.15. The number of ether oxygens (including phenoxy) is 1. The van der Waals surface area contributed by atoms with Gasteiger partial charge in [-0.05, 0) is 38.0 Å². The van der Waals surface area contributed by atoms with Crippen molar-refractivity contribution in [3.05, 3.63) is 45.2 Å². The quantitative estimate of drug-likeness (QED) is 0.788. The predicted octanol–water partition coefficient (Wildman–Crippen LogP) is 4.34. The van der Waals surface area contributed by atoms with Crippen molar-refractivity contribution in [2.45, 2.75) is 33.7 Å². The average molecular weight is 327 g/mol. The molecule has 1 aromatic heterocycles. The summed E-state index contributed by atoms with van der Waals surface area (Å²) in [4.78, 5) is 11.1. The van der Waals surface area contributed by atoms with Crippen LogP contribution in [0.5, 0.6) is 5.75 Å². The zero-order valence-corrected chi connectivity index (χ0v) is 13.8. The molecule has 0 amide bonds. The van der Waals surface area contributed by atoms with Crippen LogP contribution in [0.25, 0.3) is 0 Å². The summed E-state index contributed by atoms with van der Waals surface area (Å²) in [6.07, 6.45) is 0. The number of esters is 1. The Morgan fingerprint density at radius 2 is 2.00 bits per heavy atom. The second-order valence-corrected chi connectivity index (χ2v) is 5.69. The van der Waals surface area contributed by atoms with Gasteiger partial charge in [-0.2, -0.15) is 5.10 Å². The molecule has 0 radical (unpaired) electrons. The Labute approximate surface area is 133 Å². The number of carbonyl (C=O) groups is 1. The highest BCUT2D eigenvalue weighted by Gasteiger charge is 2.21. The van der Waals surface area contributed by atoms with E-state index in [1.54, 1.807) is 11.6 Å². The van der Waals surface area contributed by atoms with E-state index in [-0.39, 0.29) is 6.04 Å². The number of aromatic nitrogens is 2. The van der Waals surface area contributed by atoms with Crippen molar-refractivity contribution < 1.29 is 9.53 Å². The van der Waals surface area contributed by atoms with Gasteiger partial charge in [0.2, 0.25) is 0 Å². The standard InChI is InChI=1S/C15H16Cl2N2O2/c1-8-5-6-12(7-13(8)16)10(3)19-15(17)14(9(2)18-19)21-11(4)20/h5-7,10H,1-4H3. The molecule has 0 aliphatic heterocycles. The zero-order valence-electron chi connectivity index (χ0n) is 12.3. The molecular weight excluding hydrogens is 311 g/mol. The Balaban J connectivity index is 2.41. The van der Waals surface area contributed by atoms with E-state index in [1.807, 2.05) is 32.0 Å². The average Bonchev–Trinajstić information content (AvgIpc) is 2.68. The van der Waals surface area contributed by atoms with Gasteiger partial charge in [0, 0.05) is 11.9 Å². The van der Waals surface area contributed by atoms with E-state index in [0.717, 1.165) is 11.1 Å². The molecule has 1 unspecified atom stereocenters. The maximum atomic E-state index is 11.1. The highest BCUT2D eigenvalue weighted by Crippen LogP contribution is 2.33. The number of hydrogen-bond donors (Lipinski definition) is 0. The summed E-state index contributed by atoms with van der Waals surface area (Å²) in [5, 5.41) is 5.35. The fraction of sp³-hybridized carbons (Fsp3) is 0.333. The second kappa shape index (κ2) is 6.08. The maximum absolute atomic E-state index is 11.1. The minimum Gasteiger partial charge on any atom is -0.421 e. The minimum atomic E-state index is -0.425. The minimum absolute atomic E-state index is 0.126. The van der Waals surface area contributed by atoms with E-state index in [4.69, 9.17) is 27.9 Å². The van der Waals surface area contributed by atoms with Gasteiger partial charge in [0.05, 0.1) is 6.04 Å². The fourth-order valence-corrected chi connectivity index (χ4v) is 2.58. The number of nitrogens with zero attached hydrogens (tertiary/aromatic N) is 2. The van der Waals surface area contributed by atoms with Crippen molar-refractivity contribution >= 4 is 29.2 Å². The van der Waals surface area contributed by atoms with Crippen molar-refractivity contribution in [1.82, 2.24) is 9.78 Å². The van der Waals surface area contributed by atoms with E-state index >= 15 is 0 Å². The molecule has 1 aromatic carbocycles. The molecule has 21 heavy (non-hydrogen) atoms. The third kappa shape index (κ3) is 3.22. The van der Waals surface area contributed by atoms with Gasteiger partial charge in [-0.1, -0.05) is 35.3 Å². The van der Waals surface area contributed by atoms with Gasteiger partial charge in [-0.25, -0.2) is 4.68 Å². The van der Waals surface area contributed by atoms with Gasteiger partial charge in [-0.15, -0.1) is 0 Å². The zero-order chi connectivity index (χ0) is 15.7. The summed E-state index contributed by atoms with van der Waals surface area (Å²) in [5.41, 5.74) is 2.56. The highest BCUT2D eigenvalue weighted by molar-refractivity contribution is 6.31. The van der Waals surface area contributed by atoms with Gasteiger partial charge >= 0.3 is 5.97 Å². The van der Waals surface area contributed by atoms with Gasteiger partial charge in [-0.3, -0.25) is 4.79 Å². The molecule has 0 saturated heterocycles. The topological polar surface area (TPSA) is 44.1 Å². The molecule has 0 bridgehead atoms. The normalized spacial score (nSPS) is 12.3. The van der Waals surface area contributed by atoms with Crippen molar-refractivity contribution in [3.8, 4) is 5.75 Å². The molecule has 4 nitrogen and oxygen atoms in total. The molecular formula is C15H16Cl2N2O2. The smallest absolute Gasteiger partial charge is 0.308 e. The van der Waals surface area contributed by atoms with Crippen LogP contribution in [0.1, 0.15) is 36.7 Å². The number of halogens is 2. The number of carbonyl (C=O) groups excluding carboxylic acids is 1. The third-order valence-corrected chi connectivity index (χ3v) is 4.02. The molecule has 2 aromatic rings. The lowest BCUT2D eigenvalue weighted by molar-refractivity contribution is -0.131. The first kappa shape index (κ1) is 15.9. The van der Waals surface area contributed by atoms with Gasteiger partial charge < -0.3 is 4.74 Å². The molecule has 0 N–H and O–H groups in total. The second-order valence-electron chi connectivity index (χ2n) is 4.93. The van der Waals surface area contributed by atoms with E-state index in [2.05, 4.69) is 5.10 Å². The Morgan fingerprint density at radius 3 is 2.57 bits per heavy atom. The van der Waals surface area contributed by atoms with Crippen molar-refractivity contribution in [1.29, 1.82) is 0 Å². The predicted molar refractivity (Wildman–Crippen MR) is 83.3 cm³/mol. The van der Waals surface area contributed by atoms with Crippen molar-refractivity contribution in [2.24, 2.45) is 0 Å². The summed E-state index contributed by atoms with van der Waals surface area (Å²) >= 11 is 12.4. The first-order valence-electron chi connectivity index (χ1n) is 6.50. The lowest BCUT2D eigenvalue weighted by atomic mass is 10.1. The van der Waals surface area contributed by atoms with Crippen LogP contribution in [0.3, 0.4) is 0 Å².